The van der Waals surface area contributed by atoms with E-state index in [-0.39, 0.29) is 56.4 Å². The molecule has 0 aliphatic rings. The fourth-order valence-corrected chi connectivity index (χ4v) is 0. The van der Waals surface area contributed by atoms with Gasteiger partial charge in [0.15, 0.2) is 0 Å². The summed E-state index contributed by atoms with van der Waals surface area (Å²) in [6.45, 7) is 0. The zero-order valence-electron chi connectivity index (χ0n) is 1.97. The van der Waals surface area contributed by atoms with Crippen molar-refractivity contribution in [2.24, 2.45) is 0 Å². The largest absolute Gasteiger partial charge is 5.00 e. The Labute approximate surface area is 56.2 Å². The molecule has 0 saturated carbocycles. The van der Waals surface area contributed by atoms with E-state index >= 15 is 0 Å². The van der Waals surface area contributed by atoms with Crippen LogP contribution in [0.15, 0.2) is 0 Å². The minimum absolute atomic E-state index is 0. The van der Waals surface area contributed by atoms with E-state index in [1.54, 1.807) is 0 Å². The van der Waals surface area contributed by atoms with Crippen molar-refractivity contribution in [2.45, 2.75) is 0 Å². The van der Waals surface area contributed by atoms with Crippen LogP contribution < -0.4 is 0 Å². The number of rotatable bonds is 0. The minimum Gasteiger partial charge on any atom is -2.00 e. The topological polar surface area (TPSA) is 57.0 Å². The smallest absolute Gasteiger partial charge is 2.00 e. The quantitative estimate of drug-likeness (QED) is 0.412. The van der Waals surface area contributed by atoms with Gasteiger partial charge >= 0.3 is 45.4 Å². The maximum Gasteiger partial charge on any atom is 5.00 e. The monoisotopic (exact) mass is 149 g/mol. The molecule has 0 aliphatic carbocycles. The molecule has 0 unspecified atom stereocenters. The van der Waals surface area contributed by atoms with Crippen molar-refractivity contribution in [3.05, 3.63) is 0 Å². The van der Waals surface area contributed by atoms with Crippen molar-refractivity contribution in [1.82, 2.24) is 0 Å². The molecule has 2 nitrogen and oxygen atoms in total. The molecule has 0 spiro atoms. The van der Waals surface area contributed by atoms with Gasteiger partial charge in [0.1, 0.15) is 0 Å². The molecule has 16 valence electrons. The van der Waals surface area contributed by atoms with Crippen molar-refractivity contribution in [2.75, 3.05) is 0 Å². The molecule has 0 aliphatic heterocycles. The van der Waals surface area contributed by atoms with Gasteiger partial charge in [-0.3, -0.25) is 0 Å². The van der Waals surface area contributed by atoms with Crippen LogP contribution in [0.4, 0.5) is 0 Å². The molecule has 0 aromatic heterocycles. The first-order chi connectivity index (χ1) is 0. The summed E-state index contributed by atoms with van der Waals surface area (Å²) in [5.74, 6) is 0. The van der Waals surface area contributed by atoms with Crippen molar-refractivity contribution >= 4 is 23.1 Å². The molecule has 0 saturated heterocycles. The van der Waals surface area contributed by atoms with Crippen LogP contribution in [-0.2, 0) is 33.3 Å². The fourth-order valence-electron chi connectivity index (χ4n) is 0. The van der Waals surface area contributed by atoms with E-state index in [0.29, 0.717) is 0 Å². The Morgan fingerprint density at radius 3 is 0.750 bits per heavy atom. The SMILES string of the molecule is [Mg+2].[Nb+5].[O-2].[O-2]. The average molecular weight is 149 g/mol. The van der Waals surface area contributed by atoms with Crippen LogP contribution in [0.3, 0.4) is 0 Å². The van der Waals surface area contributed by atoms with E-state index < -0.39 is 0 Å². The molecule has 4 heavy (non-hydrogen) atoms. The summed E-state index contributed by atoms with van der Waals surface area (Å²) in [6, 6.07) is 0. The summed E-state index contributed by atoms with van der Waals surface area (Å²) >= 11 is 0. The molecule has 0 fully saturated rings. The molecule has 4 heteroatoms. The van der Waals surface area contributed by atoms with Crippen molar-refractivity contribution < 1.29 is 33.3 Å². The van der Waals surface area contributed by atoms with Gasteiger partial charge in [0.05, 0.1) is 0 Å². The van der Waals surface area contributed by atoms with Gasteiger partial charge in [-0.2, -0.15) is 0 Å². The second-order valence-corrected chi connectivity index (χ2v) is 0. The van der Waals surface area contributed by atoms with Crippen molar-refractivity contribution in [3.63, 3.8) is 0 Å². The first-order valence-electron chi connectivity index (χ1n) is 0. The van der Waals surface area contributed by atoms with Crippen molar-refractivity contribution in [1.29, 1.82) is 0 Å². The van der Waals surface area contributed by atoms with Crippen LogP contribution in [0.1, 0.15) is 0 Å². The second-order valence-electron chi connectivity index (χ2n) is 0. The average Bonchev–Trinajstić information content (AvgIpc) is 0. The van der Waals surface area contributed by atoms with E-state index in [1.807, 2.05) is 0 Å². The zero-order valence-corrected chi connectivity index (χ0v) is 5.58. The Kier molecular flexibility index (Phi) is 334. The van der Waals surface area contributed by atoms with Crippen molar-refractivity contribution in [3.8, 4) is 0 Å². The molecule has 0 heterocycles. The standard InChI is InChI=1S/Mg.Nb.2O/q+2;+5;2*-2. The Balaban J connectivity index is 0. The molecule has 0 aromatic carbocycles. The summed E-state index contributed by atoms with van der Waals surface area (Å²) in [5, 5.41) is 0. The summed E-state index contributed by atoms with van der Waals surface area (Å²) in [6.07, 6.45) is 0. The maximum atomic E-state index is 0. The maximum absolute atomic E-state index is 0. The zero-order chi connectivity index (χ0) is 0. The third-order valence-electron chi connectivity index (χ3n) is 0. The summed E-state index contributed by atoms with van der Waals surface area (Å²) in [4.78, 5) is 0. The predicted molar refractivity (Wildman–Crippen MR) is 7.13 cm³/mol. The van der Waals surface area contributed by atoms with Gasteiger partial charge in [0.25, 0.3) is 0 Å². The van der Waals surface area contributed by atoms with Gasteiger partial charge in [-0.25, -0.2) is 0 Å². The van der Waals surface area contributed by atoms with Crippen LogP contribution in [-0.4, -0.2) is 23.1 Å². The molecule has 0 bridgehead atoms. The summed E-state index contributed by atoms with van der Waals surface area (Å²) in [5.41, 5.74) is 0. The van der Waals surface area contributed by atoms with Crippen LogP contribution in [0.2, 0.25) is 0 Å². The van der Waals surface area contributed by atoms with E-state index in [4.69, 9.17) is 0 Å². The number of hydrogen-bond donors (Lipinski definition) is 0. The van der Waals surface area contributed by atoms with E-state index in [9.17, 15) is 0 Å². The Morgan fingerprint density at radius 2 is 0.750 bits per heavy atom. The van der Waals surface area contributed by atoms with Gasteiger partial charge in [0.2, 0.25) is 0 Å². The molecule has 0 rings (SSSR count). The van der Waals surface area contributed by atoms with Gasteiger partial charge in [-0.05, 0) is 0 Å². The number of hydrogen-bond acceptors (Lipinski definition) is 0. The molecule has 0 aromatic rings. The summed E-state index contributed by atoms with van der Waals surface area (Å²) < 4.78 is 0. The first kappa shape index (κ1) is 52.3. The molecule has 0 N–H and O–H groups in total. The van der Waals surface area contributed by atoms with Gasteiger partial charge in [-0.1, -0.05) is 0 Å². The third-order valence-corrected chi connectivity index (χ3v) is 0. The fraction of sp³-hybridized carbons (Fsp3) is 0. The van der Waals surface area contributed by atoms with Crippen LogP contribution in [0.5, 0.6) is 0 Å². The van der Waals surface area contributed by atoms with Gasteiger partial charge in [0, 0.05) is 0 Å². The van der Waals surface area contributed by atoms with E-state index in [0.717, 1.165) is 0 Å². The Morgan fingerprint density at radius 1 is 0.750 bits per heavy atom. The van der Waals surface area contributed by atoms with Gasteiger partial charge in [-0.15, -0.1) is 0 Å². The van der Waals surface area contributed by atoms with Gasteiger partial charge < -0.3 is 11.0 Å². The normalized spacial score (nSPS) is 0. The van der Waals surface area contributed by atoms with E-state index in [1.165, 1.54) is 0 Å². The third kappa shape index (κ3) is 9.91. The predicted octanol–water partition coefficient (Wildman–Crippen LogP) is -0.621. The van der Waals surface area contributed by atoms with Crippen LogP contribution >= 0.6 is 0 Å². The van der Waals surface area contributed by atoms with Crippen LogP contribution in [0.25, 0.3) is 0 Å². The Bertz CT molecular complexity index is 6.00. The molecular weight excluding hydrogens is 149 g/mol. The van der Waals surface area contributed by atoms with Crippen LogP contribution in [0, 0.1) is 0 Å². The Hall–Kier alpha value is 1.43. The molecule has 0 atom stereocenters. The first-order valence-corrected chi connectivity index (χ1v) is 0. The summed E-state index contributed by atoms with van der Waals surface area (Å²) in [7, 11) is 0. The molecule has 0 amide bonds. The molecule has 0 radical (unpaired) electrons. The molecular formula is MgNbO2+3. The second kappa shape index (κ2) is 25.5. The van der Waals surface area contributed by atoms with E-state index in [2.05, 4.69) is 0 Å². The minimum atomic E-state index is 0.